The summed E-state index contributed by atoms with van der Waals surface area (Å²) in [5.74, 6) is -0.0276. The zero-order chi connectivity index (χ0) is 22.2. The zero-order valence-corrected chi connectivity index (χ0v) is 17.6. The Morgan fingerprint density at radius 1 is 0.935 bits per heavy atom. The number of allylic oxidation sites excluding steroid dienone is 2. The molecule has 3 N–H and O–H groups in total. The molecule has 160 valence electrons. The van der Waals surface area contributed by atoms with Crippen molar-refractivity contribution in [3.05, 3.63) is 71.3 Å². The molecule has 1 aliphatic rings. The van der Waals surface area contributed by atoms with Gasteiger partial charge in [-0.15, -0.1) is 0 Å². The van der Waals surface area contributed by atoms with Crippen LogP contribution in [0.1, 0.15) is 28.4 Å². The number of anilines is 1. The Hall–Kier alpha value is -3.74. The molecule has 1 saturated heterocycles. The van der Waals surface area contributed by atoms with Crippen LogP contribution in [-0.2, 0) is 11.3 Å². The van der Waals surface area contributed by atoms with Gasteiger partial charge in [0.25, 0.3) is 5.91 Å². The molecule has 7 nitrogen and oxygen atoms in total. The summed E-state index contributed by atoms with van der Waals surface area (Å²) >= 11 is 0. The fourth-order valence-corrected chi connectivity index (χ4v) is 3.52. The summed E-state index contributed by atoms with van der Waals surface area (Å²) in [4.78, 5) is 28.0. The highest BCUT2D eigenvalue weighted by molar-refractivity contribution is 6.12. The second-order valence-electron chi connectivity index (χ2n) is 7.35. The first-order chi connectivity index (χ1) is 15.0. The summed E-state index contributed by atoms with van der Waals surface area (Å²) in [5, 5.41) is 17.5. The van der Waals surface area contributed by atoms with Crippen LogP contribution in [0.3, 0.4) is 0 Å². The Bertz CT molecular complexity index is 972. The molecule has 7 heteroatoms. The highest BCUT2D eigenvalue weighted by Gasteiger charge is 2.19. The molecular weight excluding hydrogens is 390 g/mol. The molecule has 0 atom stereocenters. The summed E-state index contributed by atoms with van der Waals surface area (Å²) in [6.45, 7) is 5.01. The van der Waals surface area contributed by atoms with Crippen molar-refractivity contribution in [2.45, 2.75) is 13.5 Å². The molecule has 0 saturated carbocycles. The Kier molecular flexibility index (Phi) is 7.32. The van der Waals surface area contributed by atoms with Crippen molar-refractivity contribution in [3.63, 3.8) is 0 Å². The molecule has 0 bridgehead atoms. The molecule has 31 heavy (non-hydrogen) atoms. The summed E-state index contributed by atoms with van der Waals surface area (Å²) in [5.41, 5.74) is 4.12. The maximum atomic E-state index is 12.5. The number of benzene rings is 2. The van der Waals surface area contributed by atoms with E-state index in [2.05, 4.69) is 10.2 Å². The van der Waals surface area contributed by atoms with Crippen LogP contribution in [0.5, 0.6) is 0 Å². The van der Waals surface area contributed by atoms with E-state index in [1.165, 1.54) is 6.21 Å². The van der Waals surface area contributed by atoms with Crippen molar-refractivity contribution < 1.29 is 9.59 Å². The Morgan fingerprint density at radius 3 is 2.10 bits per heavy atom. The Labute approximate surface area is 182 Å². The number of piperazine rings is 1. The van der Waals surface area contributed by atoms with Crippen molar-refractivity contribution in [1.82, 2.24) is 10.2 Å². The average Bonchev–Trinajstić information content (AvgIpc) is 2.81. The SMILES string of the molecule is CC(=O)N1CCN(c2ccc(C(=O)NCc3ccc(/C(C=N)=C/C=N)cc3)cc2)CC1. The first-order valence-corrected chi connectivity index (χ1v) is 10.2. The lowest BCUT2D eigenvalue weighted by Gasteiger charge is -2.35. The van der Waals surface area contributed by atoms with Crippen LogP contribution in [0.4, 0.5) is 5.69 Å². The predicted molar refractivity (Wildman–Crippen MR) is 124 cm³/mol. The summed E-state index contributed by atoms with van der Waals surface area (Å²) in [7, 11) is 0. The van der Waals surface area contributed by atoms with Gasteiger partial charge in [-0.3, -0.25) is 9.59 Å². The molecule has 0 aromatic heterocycles. The van der Waals surface area contributed by atoms with Crippen LogP contribution in [0.15, 0.2) is 54.6 Å². The van der Waals surface area contributed by atoms with Crippen LogP contribution in [0, 0.1) is 10.8 Å². The Morgan fingerprint density at radius 2 is 1.55 bits per heavy atom. The van der Waals surface area contributed by atoms with E-state index < -0.39 is 0 Å². The molecule has 0 radical (unpaired) electrons. The van der Waals surface area contributed by atoms with Crippen LogP contribution in [-0.4, -0.2) is 55.3 Å². The van der Waals surface area contributed by atoms with Gasteiger partial charge in [-0.2, -0.15) is 0 Å². The smallest absolute Gasteiger partial charge is 0.251 e. The van der Waals surface area contributed by atoms with Gasteiger partial charge in [0.1, 0.15) is 0 Å². The normalized spacial score (nSPS) is 14.2. The van der Waals surface area contributed by atoms with E-state index in [0.717, 1.165) is 49.2 Å². The lowest BCUT2D eigenvalue weighted by atomic mass is 10.0. The first-order valence-electron chi connectivity index (χ1n) is 10.2. The van der Waals surface area contributed by atoms with E-state index in [1.54, 1.807) is 13.0 Å². The Balaban J connectivity index is 1.54. The molecule has 0 spiro atoms. The van der Waals surface area contributed by atoms with Crippen molar-refractivity contribution >= 4 is 35.5 Å². The van der Waals surface area contributed by atoms with Crippen LogP contribution in [0.2, 0.25) is 0 Å². The largest absolute Gasteiger partial charge is 0.368 e. The minimum Gasteiger partial charge on any atom is -0.368 e. The lowest BCUT2D eigenvalue weighted by molar-refractivity contribution is -0.129. The molecule has 1 aliphatic heterocycles. The van der Waals surface area contributed by atoms with Crippen molar-refractivity contribution in [1.29, 1.82) is 10.8 Å². The summed E-state index contributed by atoms with van der Waals surface area (Å²) in [6.07, 6.45) is 3.94. The van der Waals surface area contributed by atoms with E-state index >= 15 is 0 Å². The van der Waals surface area contributed by atoms with Gasteiger partial charge in [-0.05, 0) is 41.5 Å². The third-order valence-electron chi connectivity index (χ3n) is 5.38. The van der Waals surface area contributed by atoms with Gasteiger partial charge in [0.2, 0.25) is 5.91 Å². The van der Waals surface area contributed by atoms with Crippen molar-refractivity contribution in [3.8, 4) is 0 Å². The molecular formula is C24H27N5O2. The number of carbonyl (C=O) groups is 2. The van der Waals surface area contributed by atoms with Crippen LogP contribution < -0.4 is 10.2 Å². The number of amides is 2. The molecule has 2 aromatic rings. The predicted octanol–water partition coefficient (Wildman–Crippen LogP) is 2.97. The van der Waals surface area contributed by atoms with E-state index in [9.17, 15) is 9.59 Å². The van der Waals surface area contributed by atoms with E-state index in [-0.39, 0.29) is 11.8 Å². The average molecular weight is 418 g/mol. The van der Waals surface area contributed by atoms with Gasteiger partial charge in [0.15, 0.2) is 0 Å². The molecule has 0 unspecified atom stereocenters. The number of carbonyl (C=O) groups excluding carboxylic acids is 2. The highest BCUT2D eigenvalue weighted by atomic mass is 16.2. The van der Waals surface area contributed by atoms with Gasteiger partial charge in [-0.1, -0.05) is 24.3 Å². The van der Waals surface area contributed by atoms with Crippen molar-refractivity contribution in [2.24, 2.45) is 0 Å². The fraction of sp³-hybridized carbons (Fsp3) is 0.250. The third-order valence-corrected chi connectivity index (χ3v) is 5.38. The molecule has 1 fully saturated rings. The molecule has 3 rings (SSSR count). The summed E-state index contributed by atoms with van der Waals surface area (Å²) < 4.78 is 0. The molecule has 2 aromatic carbocycles. The van der Waals surface area contributed by atoms with Gasteiger partial charge in [0, 0.05) is 68.9 Å². The first kappa shape index (κ1) is 22.0. The molecule has 2 amide bonds. The second kappa shape index (κ2) is 10.3. The van der Waals surface area contributed by atoms with E-state index in [4.69, 9.17) is 10.8 Å². The highest BCUT2D eigenvalue weighted by Crippen LogP contribution is 2.18. The number of hydrogen-bond acceptors (Lipinski definition) is 5. The van der Waals surface area contributed by atoms with Gasteiger partial charge < -0.3 is 25.9 Å². The molecule has 0 aliphatic carbocycles. The minimum atomic E-state index is -0.138. The van der Waals surface area contributed by atoms with Gasteiger partial charge >= 0.3 is 0 Å². The van der Waals surface area contributed by atoms with Gasteiger partial charge in [0.05, 0.1) is 0 Å². The number of hydrogen-bond donors (Lipinski definition) is 3. The van der Waals surface area contributed by atoms with Crippen molar-refractivity contribution in [2.75, 3.05) is 31.1 Å². The van der Waals surface area contributed by atoms with E-state index in [0.29, 0.717) is 17.7 Å². The maximum absolute atomic E-state index is 12.5. The second-order valence-corrected chi connectivity index (χ2v) is 7.35. The van der Waals surface area contributed by atoms with E-state index in [1.807, 2.05) is 53.4 Å². The zero-order valence-electron chi connectivity index (χ0n) is 17.6. The van der Waals surface area contributed by atoms with Crippen LogP contribution >= 0.6 is 0 Å². The number of rotatable bonds is 7. The monoisotopic (exact) mass is 417 g/mol. The quantitative estimate of drug-likeness (QED) is 0.604. The number of nitrogens with one attached hydrogen (secondary N) is 3. The maximum Gasteiger partial charge on any atom is 0.251 e. The summed E-state index contributed by atoms with van der Waals surface area (Å²) in [6, 6.07) is 15.1. The fourth-order valence-electron chi connectivity index (χ4n) is 3.52. The molecule has 1 heterocycles. The van der Waals surface area contributed by atoms with Gasteiger partial charge in [-0.25, -0.2) is 0 Å². The van der Waals surface area contributed by atoms with Crippen LogP contribution in [0.25, 0.3) is 5.57 Å². The lowest BCUT2D eigenvalue weighted by Crippen LogP contribution is -2.48. The topological polar surface area (TPSA) is 100 Å². The minimum absolute atomic E-state index is 0.110. The number of nitrogens with zero attached hydrogens (tertiary/aromatic N) is 2. The standard InChI is InChI=1S/C24H27N5O2/c1-18(30)28-12-14-29(15-13-28)23-8-6-21(7-9-23)24(31)27-17-19-2-4-20(5-3-19)22(16-26)10-11-25/h2-11,16,25-26H,12-15,17H2,1H3,(H,27,31)/b22-10+,25-11?,26-16?. The third kappa shape index (κ3) is 5.66.